The fourth-order valence-corrected chi connectivity index (χ4v) is 1.66. The van der Waals surface area contributed by atoms with E-state index in [0.717, 1.165) is 11.3 Å². The molecule has 0 aliphatic carbocycles. The second-order valence-corrected chi connectivity index (χ2v) is 3.88. The van der Waals surface area contributed by atoms with Crippen molar-refractivity contribution in [1.82, 2.24) is 14.8 Å². The van der Waals surface area contributed by atoms with E-state index in [1.165, 1.54) is 0 Å². The molecule has 0 aromatic carbocycles. The number of aromatic nitrogens is 3. The Balaban J connectivity index is 2.68. The van der Waals surface area contributed by atoms with E-state index < -0.39 is 0 Å². The third-order valence-corrected chi connectivity index (χ3v) is 2.65. The number of nitrogen functional groups attached to an aromatic ring is 1. The summed E-state index contributed by atoms with van der Waals surface area (Å²) in [6.45, 7) is 3.70. The van der Waals surface area contributed by atoms with E-state index in [2.05, 4.69) is 10.1 Å². The molecular formula is C11H14N4O. The molecule has 84 valence electrons. The Kier molecular flexibility index (Phi) is 2.30. The molecule has 3 N–H and O–H groups in total. The number of H-pyrrole nitrogens is 1. The van der Waals surface area contributed by atoms with Crippen molar-refractivity contribution in [3.63, 3.8) is 0 Å². The van der Waals surface area contributed by atoms with Crippen molar-refractivity contribution >= 4 is 5.82 Å². The minimum atomic E-state index is -0.0440. The lowest BCUT2D eigenvalue weighted by Gasteiger charge is -1.98. The number of anilines is 1. The molecule has 0 saturated carbocycles. The summed E-state index contributed by atoms with van der Waals surface area (Å²) >= 11 is 0. The number of aromatic amines is 1. The summed E-state index contributed by atoms with van der Waals surface area (Å²) in [5.74, 6) is 0.579. The van der Waals surface area contributed by atoms with E-state index in [0.29, 0.717) is 17.1 Å². The summed E-state index contributed by atoms with van der Waals surface area (Å²) in [6.07, 6.45) is 1.67. The van der Waals surface area contributed by atoms with Gasteiger partial charge in [-0.25, -0.2) is 0 Å². The molecule has 0 radical (unpaired) electrons. The molecule has 2 heterocycles. The average Bonchev–Trinajstić information content (AvgIpc) is 2.46. The minimum absolute atomic E-state index is 0.0440. The van der Waals surface area contributed by atoms with Crippen LogP contribution in [0.3, 0.4) is 0 Å². The highest BCUT2D eigenvalue weighted by Crippen LogP contribution is 2.22. The predicted octanol–water partition coefficient (Wildman–Crippen LogP) is 0.974. The van der Waals surface area contributed by atoms with Crippen LogP contribution in [0.2, 0.25) is 0 Å². The molecule has 5 nitrogen and oxygen atoms in total. The highest BCUT2D eigenvalue weighted by atomic mass is 16.1. The Labute approximate surface area is 92.9 Å². The molecule has 2 rings (SSSR count). The van der Waals surface area contributed by atoms with Crippen molar-refractivity contribution in [1.29, 1.82) is 0 Å². The number of hydrogen-bond acceptors (Lipinski definition) is 3. The smallest absolute Gasteiger partial charge is 0.191 e. The highest BCUT2D eigenvalue weighted by molar-refractivity contribution is 5.67. The molecular weight excluding hydrogens is 204 g/mol. The van der Waals surface area contributed by atoms with Gasteiger partial charge in [-0.1, -0.05) is 0 Å². The van der Waals surface area contributed by atoms with Crippen molar-refractivity contribution < 1.29 is 0 Å². The topological polar surface area (TPSA) is 76.7 Å². The van der Waals surface area contributed by atoms with Gasteiger partial charge in [0.2, 0.25) is 0 Å². The Hall–Kier alpha value is -2.04. The maximum Gasteiger partial charge on any atom is 0.191 e. The number of rotatable bonds is 1. The zero-order valence-corrected chi connectivity index (χ0v) is 9.53. The lowest BCUT2D eigenvalue weighted by atomic mass is 10.1. The maximum atomic E-state index is 11.8. The quantitative estimate of drug-likeness (QED) is 0.748. The van der Waals surface area contributed by atoms with Crippen LogP contribution in [0.15, 0.2) is 17.1 Å². The van der Waals surface area contributed by atoms with Crippen molar-refractivity contribution in [2.24, 2.45) is 7.05 Å². The van der Waals surface area contributed by atoms with Crippen LogP contribution in [-0.2, 0) is 7.05 Å². The van der Waals surface area contributed by atoms with Gasteiger partial charge < -0.3 is 10.7 Å². The summed E-state index contributed by atoms with van der Waals surface area (Å²) < 4.78 is 1.57. The van der Waals surface area contributed by atoms with Gasteiger partial charge in [-0.15, -0.1) is 0 Å². The van der Waals surface area contributed by atoms with Crippen molar-refractivity contribution in [3.8, 4) is 11.3 Å². The first-order chi connectivity index (χ1) is 7.50. The number of nitrogens with two attached hydrogens (primary N) is 1. The molecule has 5 heteroatoms. The highest BCUT2D eigenvalue weighted by Gasteiger charge is 2.13. The fourth-order valence-electron chi connectivity index (χ4n) is 1.66. The molecule has 0 fully saturated rings. The van der Waals surface area contributed by atoms with Gasteiger partial charge in [-0.05, 0) is 13.8 Å². The van der Waals surface area contributed by atoms with Crippen LogP contribution in [-0.4, -0.2) is 14.8 Å². The van der Waals surface area contributed by atoms with Crippen molar-refractivity contribution in [2.75, 3.05) is 5.73 Å². The van der Waals surface area contributed by atoms with E-state index >= 15 is 0 Å². The molecule has 0 aliphatic rings. The predicted molar refractivity (Wildman–Crippen MR) is 63.2 cm³/mol. The van der Waals surface area contributed by atoms with Crippen LogP contribution in [0.25, 0.3) is 11.3 Å². The second kappa shape index (κ2) is 3.52. The number of hydrogen-bond donors (Lipinski definition) is 2. The van der Waals surface area contributed by atoms with Gasteiger partial charge >= 0.3 is 0 Å². The monoisotopic (exact) mass is 218 g/mol. The van der Waals surface area contributed by atoms with Crippen molar-refractivity contribution in [2.45, 2.75) is 13.8 Å². The lowest BCUT2D eigenvalue weighted by Crippen LogP contribution is -2.06. The summed E-state index contributed by atoms with van der Waals surface area (Å²) in [7, 11) is 1.76. The van der Waals surface area contributed by atoms with Gasteiger partial charge in [-0.3, -0.25) is 9.48 Å². The lowest BCUT2D eigenvalue weighted by molar-refractivity contribution is 0.781. The van der Waals surface area contributed by atoms with Gasteiger partial charge in [0.25, 0.3) is 0 Å². The molecule has 2 aromatic heterocycles. The first kappa shape index (κ1) is 10.5. The van der Waals surface area contributed by atoms with E-state index in [1.807, 2.05) is 13.8 Å². The molecule has 0 unspecified atom stereocenters. The summed E-state index contributed by atoms with van der Waals surface area (Å²) in [5.41, 5.74) is 8.61. The normalized spacial score (nSPS) is 10.7. The van der Waals surface area contributed by atoms with Crippen LogP contribution in [0.5, 0.6) is 0 Å². The molecule has 0 atom stereocenters. The van der Waals surface area contributed by atoms with Crippen LogP contribution < -0.4 is 11.2 Å². The number of pyridine rings is 1. The summed E-state index contributed by atoms with van der Waals surface area (Å²) in [4.78, 5) is 14.8. The Bertz CT molecular complexity index is 595. The van der Waals surface area contributed by atoms with Gasteiger partial charge in [0.05, 0.1) is 5.56 Å². The molecule has 0 saturated heterocycles. The Morgan fingerprint density at radius 3 is 2.62 bits per heavy atom. The van der Waals surface area contributed by atoms with E-state index in [-0.39, 0.29) is 5.43 Å². The van der Waals surface area contributed by atoms with Crippen molar-refractivity contribution in [3.05, 3.63) is 33.7 Å². The number of nitrogens with one attached hydrogen (secondary N) is 1. The zero-order valence-electron chi connectivity index (χ0n) is 9.53. The van der Waals surface area contributed by atoms with Gasteiger partial charge in [-0.2, -0.15) is 5.10 Å². The fraction of sp³-hybridized carbons (Fsp3) is 0.273. The Morgan fingerprint density at radius 1 is 1.44 bits per heavy atom. The SMILES string of the molecule is Cc1cc(=O)c(-c2nn(C)c(N)c2C)c[nH]1. The van der Waals surface area contributed by atoms with Gasteiger partial charge in [0.15, 0.2) is 5.43 Å². The zero-order chi connectivity index (χ0) is 11.9. The summed E-state index contributed by atoms with van der Waals surface area (Å²) in [5, 5.41) is 4.24. The minimum Gasteiger partial charge on any atom is -0.384 e. The van der Waals surface area contributed by atoms with Crippen LogP contribution in [0, 0.1) is 13.8 Å². The first-order valence-corrected chi connectivity index (χ1v) is 4.99. The molecule has 0 spiro atoms. The standard InChI is InChI=1S/C11H14N4O/c1-6-4-9(16)8(5-13-6)10-7(2)11(12)15(3)14-10/h4-5H,12H2,1-3H3,(H,13,16). The first-order valence-electron chi connectivity index (χ1n) is 4.99. The van der Waals surface area contributed by atoms with Crippen LogP contribution in [0.4, 0.5) is 5.82 Å². The third kappa shape index (κ3) is 1.50. The number of nitrogens with zero attached hydrogens (tertiary/aromatic N) is 2. The molecule has 16 heavy (non-hydrogen) atoms. The van der Waals surface area contributed by atoms with Gasteiger partial charge in [0, 0.05) is 30.6 Å². The van der Waals surface area contributed by atoms with E-state index in [1.54, 1.807) is 24.0 Å². The summed E-state index contributed by atoms with van der Waals surface area (Å²) in [6, 6.07) is 1.56. The van der Waals surface area contributed by atoms with E-state index in [4.69, 9.17) is 5.73 Å². The third-order valence-electron chi connectivity index (χ3n) is 2.65. The number of aryl methyl sites for hydroxylation is 2. The van der Waals surface area contributed by atoms with Gasteiger partial charge in [0.1, 0.15) is 11.5 Å². The maximum absolute atomic E-state index is 11.8. The average molecular weight is 218 g/mol. The van der Waals surface area contributed by atoms with Crippen LogP contribution >= 0.6 is 0 Å². The Morgan fingerprint density at radius 2 is 2.12 bits per heavy atom. The second-order valence-electron chi connectivity index (χ2n) is 3.88. The molecule has 0 bridgehead atoms. The molecule has 2 aromatic rings. The van der Waals surface area contributed by atoms with Crippen LogP contribution in [0.1, 0.15) is 11.3 Å². The van der Waals surface area contributed by atoms with E-state index in [9.17, 15) is 4.79 Å². The largest absolute Gasteiger partial charge is 0.384 e. The molecule has 0 aliphatic heterocycles. The molecule has 0 amide bonds.